The van der Waals surface area contributed by atoms with Crippen LogP contribution in [-0.2, 0) is 15.8 Å². The summed E-state index contributed by atoms with van der Waals surface area (Å²) in [6.45, 7) is 0.0577. The van der Waals surface area contributed by atoms with E-state index < -0.39 is 23.6 Å². The van der Waals surface area contributed by atoms with Crippen molar-refractivity contribution in [1.82, 2.24) is 0 Å². The predicted octanol–water partition coefficient (Wildman–Crippen LogP) is 3.77. The Morgan fingerprint density at radius 1 is 1.20 bits per heavy atom. The summed E-state index contributed by atoms with van der Waals surface area (Å²) in [5, 5.41) is 2.36. The summed E-state index contributed by atoms with van der Waals surface area (Å²) in [6.07, 6.45) is -4.73. The second kappa shape index (κ2) is 8.25. The molecule has 1 fully saturated rings. The van der Waals surface area contributed by atoms with Gasteiger partial charge in [-0.15, -0.1) is 0 Å². The zero-order chi connectivity index (χ0) is 22.1. The molecule has 1 unspecified atom stereocenters. The SMILES string of the molecule is COc1ccccc1N1CC(C(=O)Nc2ccc(N(C)C)cc2C(F)(F)F)CC1=O. The Bertz CT molecular complexity index is 960. The average molecular weight is 421 g/mol. The maximum atomic E-state index is 13.5. The Morgan fingerprint density at radius 2 is 1.90 bits per heavy atom. The molecule has 0 aromatic heterocycles. The van der Waals surface area contributed by atoms with E-state index in [-0.39, 0.29) is 24.6 Å². The number of anilines is 3. The molecule has 1 heterocycles. The van der Waals surface area contributed by atoms with Crippen LogP contribution in [0.15, 0.2) is 42.5 Å². The first-order valence-electron chi connectivity index (χ1n) is 9.24. The van der Waals surface area contributed by atoms with Crippen molar-refractivity contribution in [3.05, 3.63) is 48.0 Å². The highest BCUT2D eigenvalue weighted by Crippen LogP contribution is 2.38. The van der Waals surface area contributed by atoms with Crippen molar-refractivity contribution in [3.63, 3.8) is 0 Å². The molecule has 2 aromatic carbocycles. The molecule has 1 aliphatic heterocycles. The van der Waals surface area contributed by atoms with Gasteiger partial charge in [0.25, 0.3) is 0 Å². The molecule has 0 aliphatic carbocycles. The van der Waals surface area contributed by atoms with Crippen molar-refractivity contribution >= 4 is 28.9 Å². The van der Waals surface area contributed by atoms with Gasteiger partial charge in [0.2, 0.25) is 11.8 Å². The van der Waals surface area contributed by atoms with Gasteiger partial charge in [0.15, 0.2) is 0 Å². The molecule has 160 valence electrons. The number of hydrogen-bond donors (Lipinski definition) is 1. The molecule has 6 nitrogen and oxygen atoms in total. The molecular formula is C21H22F3N3O3. The van der Waals surface area contributed by atoms with E-state index in [4.69, 9.17) is 4.74 Å². The van der Waals surface area contributed by atoms with Gasteiger partial charge >= 0.3 is 6.18 Å². The highest BCUT2D eigenvalue weighted by molar-refractivity contribution is 6.04. The molecule has 30 heavy (non-hydrogen) atoms. The molecule has 1 N–H and O–H groups in total. The predicted molar refractivity (Wildman–Crippen MR) is 108 cm³/mol. The highest BCUT2D eigenvalue weighted by atomic mass is 19.4. The van der Waals surface area contributed by atoms with Crippen molar-refractivity contribution in [1.29, 1.82) is 0 Å². The van der Waals surface area contributed by atoms with Crippen LogP contribution in [0.5, 0.6) is 5.75 Å². The van der Waals surface area contributed by atoms with Gasteiger partial charge in [-0.3, -0.25) is 9.59 Å². The zero-order valence-corrected chi connectivity index (χ0v) is 16.8. The number of methoxy groups -OCH3 is 1. The summed E-state index contributed by atoms with van der Waals surface area (Å²) >= 11 is 0. The normalized spacial score (nSPS) is 16.5. The zero-order valence-electron chi connectivity index (χ0n) is 16.8. The third-order valence-electron chi connectivity index (χ3n) is 4.95. The number of ether oxygens (including phenoxy) is 1. The van der Waals surface area contributed by atoms with Crippen LogP contribution in [0.25, 0.3) is 0 Å². The Morgan fingerprint density at radius 3 is 2.53 bits per heavy atom. The smallest absolute Gasteiger partial charge is 0.418 e. The van der Waals surface area contributed by atoms with E-state index in [1.54, 1.807) is 43.3 Å². The molecule has 1 aliphatic rings. The van der Waals surface area contributed by atoms with E-state index in [1.807, 2.05) is 0 Å². The summed E-state index contributed by atoms with van der Waals surface area (Å²) in [5.74, 6) is -1.23. The van der Waals surface area contributed by atoms with Gasteiger partial charge in [0.05, 0.1) is 30.0 Å². The van der Waals surface area contributed by atoms with E-state index in [1.165, 1.54) is 24.1 Å². The van der Waals surface area contributed by atoms with Crippen LogP contribution in [0.3, 0.4) is 0 Å². The van der Waals surface area contributed by atoms with Crippen LogP contribution in [0, 0.1) is 5.92 Å². The largest absolute Gasteiger partial charge is 0.495 e. The molecule has 9 heteroatoms. The first-order chi connectivity index (χ1) is 14.1. The number of amides is 2. The van der Waals surface area contributed by atoms with E-state index in [0.29, 0.717) is 17.1 Å². The molecule has 2 amide bonds. The fourth-order valence-electron chi connectivity index (χ4n) is 3.36. The van der Waals surface area contributed by atoms with Gasteiger partial charge < -0.3 is 19.9 Å². The van der Waals surface area contributed by atoms with Crippen LogP contribution < -0.4 is 19.9 Å². The molecule has 0 saturated carbocycles. The maximum Gasteiger partial charge on any atom is 0.418 e. The fourth-order valence-corrected chi connectivity index (χ4v) is 3.36. The van der Waals surface area contributed by atoms with E-state index in [0.717, 1.165) is 6.07 Å². The van der Waals surface area contributed by atoms with Crippen molar-refractivity contribution in [2.75, 3.05) is 42.9 Å². The van der Waals surface area contributed by atoms with Crippen LogP contribution in [0.4, 0.5) is 30.2 Å². The lowest BCUT2D eigenvalue weighted by Gasteiger charge is -2.20. The van der Waals surface area contributed by atoms with Crippen LogP contribution in [-0.4, -0.2) is 39.6 Å². The van der Waals surface area contributed by atoms with Gasteiger partial charge in [0.1, 0.15) is 5.75 Å². The lowest BCUT2D eigenvalue weighted by Crippen LogP contribution is -2.29. The minimum Gasteiger partial charge on any atom is -0.495 e. The van der Waals surface area contributed by atoms with Gasteiger partial charge in [-0.2, -0.15) is 13.2 Å². The maximum absolute atomic E-state index is 13.5. The van der Waals surface area contributed by atoms with Gasteiger partial charge in [-0.05, 0) is 30.3 Å². The third kappa shape index (κ3) is 4.34. The second-order valence-corrected chi connectivity index (χ2v) is 7.19. The lowest BCUT2D eigenvalue weighted by atomic mass is 10.1. The summed E-state index contributed by atoms with van der Waals surface area (Å²) < 4.78 is 45.8. The van der Waals surface area contributed by atoms with Crippen molar-refractivity contribution in [3.8, 4) is 5.75 Å². The number of halogens is 3. The Kier molecular flexibility index (Phi) is 5.91. The summed E-state index contributed by atoms with van der Waals surface area (Å²) in [4.78, 5) is 28.1. The quantitative estimate of drug-likeness (QED) is 0.799. The van der Waals surface area contributed by atoms with E-state index in [9.17, 15) is 22.8 Å². The number of carbonyl (C=O) groups excluding carboxylic acids is 2. The Balaban J connectivity index is 1.81. The number of rotatable bonds is 5. The molecule has 2 aromatic rings. The molecular weight excluding hydrogens is 399 g/mol. The summed E-state index contributed by atoms with van der Waals surface area (Å²) in [7, 11) is 4.73. The second-order valence-electron chi connectivity index (χ2n) is 7.19. The van der Waals surface area contributed by atoms with E-state index >= 15 is 0 Å². The third-order valence-corrected chi connectivity index (χ3v) is 4.95. The van der Waals surface area contributed by atoms with Gasteiger partial charge in [-0.25, -0.2) is 0 Å². The lowest BCUT2D eigenvalue weighted by molar-refractivity contribution is -0.137. The first-order valence-corrected chi connectivity index (χ1v) is 9.24. The first kappa shape index (κ1) is 21.5. The van der Waals surface area contributed by atoms with Gasteiger partial charge in [0, 0.05) is 32.7 Å². The summed E-state index contributed by atoms with van der Waals surface area (Å²) in [5.41, 5.74) is -0.389. The number of alkyl halides is 3. The highest BCUT2D eigenvalue weighted by Gasteiger charge is 2.38. The number of para-hydroxylation sites is 2. The van der Waals surface area contributed by atoms with Gasteiger partial charge in [-0.1, -0.05) is 12.1 Å². The number of nitrogens with one attached hydrogen (secondary N) is 1. The van der Waals surface area contributed by atoms with Crippen molar-refractivity contribution < 1.29 is 27.5 Å². The van der Waals surface area contributed by atoms with Crippen LogP contribution >= 0.6 is 0 Å². The fraction of sp³-hybridized carbons (Fsp3) is 0.333. The average Bonchev–Trinajstić information content (AvgIpc) is 3.08. The van der Waals surface area contributed by atoms with Crippen LogP contribution in [0.2, 0.25) is 0 Å². The minimum absolute atomic E-state index is 0.0577. The van der Waals surface area contributed by atoms with Crippen molar-refractivity contribution in [2.24, 2.45) is 5.92 Å². The number of carbonyl (C=O) groups is 2. The number of benzene rings is 2. The Hall–Kier alpha value is -3.23. The number of hydrogen-bond acceptors (Lipinski definition) is 4. The monoisotopic (exact) mass is 421 g/mol. The standard InChI is InChI=1S/C21H22F3N3O3/c1-26(2)14-8-9-16(15(11-14)21(22,23)24)25-20(29)13-10-19(28)27(12-13)17-6-4-5-7-18(17)30-3/h4-9,11,13H,10,12H2,1-3H3,(H,25,29). The van der Waals surface area contributed by atoms with E-state index in [2.05, 4.69) is 5.32 Å². The Labute approximate surface area is 172 Å². The molecule has 1 saturated heterocycles. The van der Waals surface area contributed by atoms with Crippen LogP contribution in [0.1, 0.15) is 12.0 Å². The summed E-state index contributed by atoms with van der Waals surface area (Å²) in [6, 6.07) is 10.6. The minimum atomic E-state index is -4.64. The van der Waals surface area contributed by atoms with Crippen molar-refractivity contribution in [2.45, 2.75) is 12.6 Å². The number of nitrogens with zero attached hydrogens (tertiary/aromatic N) is 2. The molecule has 1 atom stereocenters. The molecule has 0 radical (unpaired) electrons. The molecule has 3 rings (SSSR count). The molecule has 0 spiro atoms. The molecule has 0 bridgehead atoms. The topological polar surface area (TPSA) is 61.9 Å².